The van der Waals surface area contributed by atoms with E-state index < -0.39 is 0 Å². The predicted octanol–water partition coefficient (Wildman–Crippen LogP) is 5.21. The molecular formula is C21H19ClN4OS. The molecule has 0 spiro atoms. The standard InChI is InChI=1S/C21H19ClN4OS/c22-14-3-5-17-16(10-14)13(12-23-17)9-20(27)25-21-24-18-6-4-15(11-19(18)28-21)26-7-1-2-8-26/h3-6,10-12,23H,1-2,7-9H2,(H,24,25,27). The van der Waals surface area contributed by atoms with Crippen LogP contribution < -0.4 is 10.2 Å². The summed E-state index contributed by atoms with van der Waals surface area (Å²) in [6, 6.07) is 12.0. The van der Waals surface area contributed by atoms with Gasteiger partial charge in [0, 0.05) is 40.9 Å². The average Bonchev–Trinajstić information content (AvgIpc) is 3.41. The number of nitrogens with zero attached hydrogens (tertiary/aromatic N) is 2. The van der Waals surface area contributed by atoms with Crippen LogP contribution in [0.2, 0.25) is 5.02 Å². The van der Waals surface area contributed by atoms with Gasteiger partial charge < -0.3 is 15.2 Å². The maximum Gasteiger partial charge on any atom is 0.230 e. The zero-order valence-electron chi connectivity index (χ0n) is 15.2. The molecule has 0 aliphatic carbocycles. The summed E-state index contributed by atoms with van der Waals surface area (Å²) in [5.41, 5.74) is 4.05. The Kier molecular flexibility index (Phi) is 4.45. The number of hydrogen-bond donors (Lipinski definition) is 2. The quantitative estimate of drug-likeness (QED) is 0.485. The van der Waals surface area contributed by atoms with E-state index in [1.54, 1.807) is 0 Å². The van der Waals surface area contributed by atoms with Gasteiger partial charge in [-0.2, -0.15) is 0 Å². The number of amides is 1. The Hall–Kier alpha value is -2.57. The van der Waals surface area contributed by atoms with Crippen LogP contribution in [-0.4, -0.2) is 29.0 Å². The summed E-state index contributed by atoms with van der Waals surface area (Å²) in [6.07, 6.45) is 4.64. The Balaban J connectivity index is 1.34. The minimum atomic E-state index is -0.0836. The van der Waals surface area contributed by atoms with E-state index in [0.717, 1.165) is 39.8 Å². The fourth-order valence-corrected chi connectivity index (χ4v) is 4.86. The van der Waals surface area contributed by atoms with Gasteiger partial charge in [0.1, 0.15) is 0 Å². The van der Waals surface area contributed by atoms with Crippen molar-refractivity contribution in [1.29, 1.82) is 0 Å². The van der Waals surface area contributed by atoms with Gasteiger partial charge in [-0.05, 0) is 54.8 Å². The minimum Gasteiger partial charge on any atom is -0.371 e. The van der Waals surface area contributed by atoms with Gasteiger partial charge in [0.25, 0.3) is 0 Å². The highest BCUT2D eigenvalue weighted by molar-refractivity contribution is 7.22. The molecule has 5 nitrogen and oxygen atoms in total. The monoisotopic (exact) mass is 410 g/mol. The molecule has 1 saturated heterocycles. The van der Waals surface area contributed by atoms with Gasteiger partial charge in [-0.25, -0.2) is 4.98 Å². The van der Waals surface area contributed by atoms with Crippen LogP contribution in [0.15, 0.2) is 42.6 Å². The lowest BCUT2D eigenvalue weighted by Gasteiger charge is -2.16. The van der Waals surface area contributed by atoms with E-state index in [9.17, 15) is 4.79 Å². The van der Waals surface area contributed by atoms with E-state index in [1.807, 2.05) is 30.5 Å². The molecule has 1 aliphatic rings. The van der Waals surface area contributed by atoms with Crippen LogP contribution in [0, 0.1) is 0 Å². The SMILES string of the molecule is O=C(Cc1c[nH]c2ccc(Cl)cc12)Nc1nc2ccc(N3CCCC3)cc2s1. The molecule has 142 valence electrons. The lowest BCUT2D eigenvalue weighted by atomic mass is 10.1. The summed E-state index contributed by atoms with van der Waals surface area (Å²) >= 11 is 7.61. The van der Waals surface area contributed by atoms with Crippen molar-refractivity contribution in [2.45, 2.75) is 19.3 Å². The molecule has 4 aromatic rings. The van der Waals surface area contributed by atoms with Crippen molar-refractivity contribution in [3.8, 4) is 0 Å². The van der Waals surface area contributed by atoms with Crippen molar-refractivity contribution in [1.82, 2.24) is 9.97 Å². The number of H-pyrrole nitrogens is 1. The number of hydrogen-bond acceptors (Lipinski definition) is 4. The number of halogens is 1. The van der Waals surface area contributed by atoms with Crippen molar-refractivity contribution in [2.75, 3.05) is 23.3 Å². The number of nitrogens with one attached hydrogen (secondary N) is 2. The van der Waals surface area contributed by atoms with Crippen LogP contribution in [0.1, 0.15) is 18.4 Å². The highest BCUT2D eigenvalue weighted by Gasteiger charge is 2.15. The summed E-state index contributed by atoms with van der Waals surface area (Å²) in [5, 5.41) is 5.22. The van der Waals surface area contributed by atoms with Crippen molar-refractivity contribution >= 4 is 60.8 Å². The molecule has 1 fully saturated rings. The largest absolute Gasteiger partial charge is 0.371 e. The molecule has 0 unspecified atom stereocenters. The van der Waals surface area contributed by atoms with Crippen molar-refractivity contribution in [3.05, 3.63) is 53.2 Å². The molecule has 3 heterocycles. The smallest absolute Gasteiger partial charge is 0.230 e. The summed E-state index contributed by atoms with van der Waals surface area (Å²) in [7, 11) is 0. The van der Waals surface area contributed by atoms with E-state index in [1.165, 1.54) is 29.9 Å². The molecule has 2 aromatic carbocycles. The summed E-state index contributed by atoms with van der Waals surface area (Å²) < 4.78 is 1.10. The van der Waals surface area contributed by atoms with Crippen LogP contribution >= 0.6 is 22.9 Å². The first kappa shape index (κ1) is 17.5. The molecule has 7 heteroatoms. The predicted molar refractivity (Wildman–Crippen MR) is 117 cm³/mol. The molecule has 1 amide bonds. The maximum atomic E-state index is 12.6. The number of rotatable bonds is 4. The van der Waals surface area contributed by atoms with Gasteiger partial charge >= 0.3 is 0 Å². The normalized spacial score (nSPS) is 14.2. The molecule has 0 atom stereocenters. The first-order valence-corrected chi connectivity index (χ1v) is 10.6. The van der Waals surface area contributed by atoms with Gasteiger partial charge in [-0.15, -0.1) is 0 Å². The second-order valence-electron chi connectivity index (χ2n) is 7.09. The fourth-order valence-electron chi connectivity index (χ4n) is 3.77. The maximum absolute atomic E-state index is 12.6. The second-order valence-corrected chi connectivity index (χ2v) is 8.56. The number of anilines is 2. The molecule has 28 heavy (non-hydrogen) atoms. The van der Waals surface area contributed by atoms with Crippen molar-refractivity contribution in [2.24, 2.45) is 0 Å². The Morgan fingerprint density at radius 2 is 2.07 bits per heavy atom. The molecule has 0 radical (unpaired) electrons. The fraction of sp³-hybridized carbons (Fsp3) is 0.238. The van der Waals surface area contributed by atoms with Gasteiger partial charge in [-0.3, -0.25) is 4.79 Å². The molecule has 2 N–H and O–H groups in total. The Labute approximate surface area is 171 Å². The minimum absolute atomic E-state index is 0.0836. The van der Waals surface area contributed by atoms with Crippen LogP contribution in [0.3, 0.4) is 0 Å². The number of aromatic amines is 1. The summed E-state index contributed by atoms with van der Waals surface area (Å²) in [5.74, 6) is -0.0836. The van der Waals surface area contributed by atoms with Crippen molar-refractivity contribution in [3.63, 3.8) is 0 Å². The third-order valence-corrected chi connectivity index (χ3v) is 6.34. The van der Waals surface area contributed by atoms with Crippen LogP contribution in [0.4, 0.5) is 10.8 Å². The van der Waals surface area contributed by atoms with E-state index in [4.69, 9.17) is 11.6 Å². The number of carbonyl (C=O) groups is 1. The third-order valence-electron chi connectivity index (χ3n) is 5.17. The second kappa shape index (κ2) is 7.11. The molecule has 0 bridgehead atoms. The first-order chi connectivity index (χ1) is 13.7. The van der Waals surface area contributed by atoms with Crippen LogP contribution in [0.25, 0.3) is 21.1 Å². The highest BCUT2D eigenvalue weighted by atomic mass is 35.5. The summed E-state index contributed by atoms with van der Waals surface area (Å²) in [4.78, 5) is 22.7. The van der Waals surface area contributed by atoms with E-state index >= 15 is 0 Å². The van der Waals surface area contributed by atoms with E-state index in [0.29, 0.717) is 10.2 Å². The van der Waals surface area contributed by atoms with Crippen LogP contribution in [-0.2, 0) is 11.2 Å². The zero-order valence-corrected chi connectivity index (χ0v) is 16.7. The van der Waals surface area contributed by atoms with Gasteiger partial charge in [0.05, 0.1) is 16.6 Å². The Morgan fingerprint density at radius 1 is 1.21 bits per heavy atom. The van der Waals surface area contributed by atoms with Crippen molar-refractivity contribution < 1.29 is 4.79 Å². The van der Waals surface area contributed by atoms with E-state index in [-0.39, 0.29) is 12.3 Å². The summed E-state index contributed by atoms with van der Waals surface area (Å²) in [6.45, 7) is 2.23. The highest BCUT2D eigenvalue weighted by Crippen LogP contribution is 2.31. The molecular weight excluding hydrogens is 392 g/mol. The zero-order chi connectivity index (χ0) is 19.1. The first-order valence-electron chi connectivity index (χ1n) is 9.37. The lowest BCUT2D eigenvalue weighted by Crippen LogP contribution is -2.17. The number of benzene rings is 2. The Bertz CT molecular complexity index is 1180. The van der Waals surface area contributed by atoms with Gasteiger partial charge in [0.15, 0.2) is 5.13 Å². The third kappa shape index (κ3) is 3.34. The lowest BCUT2D eigenvalue weighted by molar-refractivity contribution is -0.115. The Morgan fingerprint density at radius 3 is 2.93 bits per heavy atom. The van der Waals surface area contributed by atoms with E-state index in [2.05, 4.69) is 32.3 Å². The van der Waals surface area contributed by atoms with Gasteiger partial charge in [0.2, 0.25) is 5.91 Å². The number of fused-ring (bicyclic) bond motifs is 2. The van der Waals surface area contributed by atoms with Crippen LogP contribution in [0.5, 0.6) is 0 Å². The molecule has 2 aromatic heterocycles. The molecule has 5 rings (SSSR count). The van der Waals surface area contributed by atoms with Gasteiger partial charge in [-0.1, -0.05) is 22.9 Å². The molecule has 0 saturated carbocycles. The molecule has 1 aliphatic heterocycles. The average molecular weight is 411 g/mol. The number of thiazole rings is 1. The number of aromatic nitrogens is 2. The topological polar surface area (TPSA) is 61.0 Å². The number of carbonyl (C=O) groups excluding carboxylic acids is 1.